The highest BCUT2D eigenvalue weighted by Crippen LogP contribution is 2.54. The third kappa shape index (κ3) is 1.25. The minimum Gasteiger partial charge on any atom is -0.396 e. The molecule has 1 aromatic rings. The van der Waals surface area contributed by atoms with Gasteiger partial charge in [-0.1, -0.05) is 25.1 Å². The van der Waals surface area contributed by atoms with Crippen LogP contribution in [0, 0.1) is 11.7 Å². The number of hydrogen-bond donors (Lipinski definition) is 1. The first-order chi connectivity index (χ1) is 6.18. The van der Waals surface area contributed by atoms with Crippen molar-refractivity contribution >= 4 is 0 Å². The van der Waals surface area contributed by atoms with Crippen LogP contribution in [0.15, 0.2) is 24.3 Å². The summed E-state index contributed by atoms with van der Waals surface area (Å²) in [4.78, 5) is 0. The number of aliphatic hydroxyl groups is 1. The van der Waals surface area contributed by atoms with Crippen LogP contribution in [-0.4, -0.2) is 11.7 Å². The van der Waals surface area contributed by atoms with Crippen molar-refractivity contribution in [3.63, 3.8) is 0 Å². The lowest BCUT2D eigenvalue weighted by Crippen LogP contribution is -2.08. The van der Waals surface area contributed by atoms with E-state index in [1.54, 1.807) is 6.07 Å². The molecule has 0 spiro atoms. The van der Waals surface area contributed by atoms with E-state index in [4.69, 9.17) is 5.11 Å². The lowest BCUT2D eigenvalue weighted by atomic mass is 9.95. The van der Waals surface area contributed by atoms with Gasteiger partial charge in [-0.2, -0.15) is 0 Å². The number of rotatable bonds is 2. The maximum absolute atomic E-state index is 13.4. The number of aliphatic hydroxyl groups excluding tert-OH is 1. The Morgan fingerprint density at radius 1 is 1.54 bits per heavy atom. The second kappa shape index (κ2) is 2.81. The fourth-order valence-corrected chi connectivity index (χ4v) is 1.97. The molecule has 0 heterocycles. The van der Waals surface area contributed by atoms with Crippen LogP contribution >= 0.6 is 0 Å². The van der Waals surface area contributed by atoms with Gasteiger partial charge in [-0.15, -0.1) is 0 Å². The second-order valence-electron chi connectivity index (χ2n) is 3.98. The minimum absolute atomic E-state index is 0.125. The summed E-state index contributed by atoms with van der Waals surface area (Å²) in [6, 6.07) is 6.83. The molecule has 2 heteroatoms. The summed E-state index contributed by atoms with van der Waals surface area (Å²) in [5.41, 5.74) is 0.620. The molecule has 1 fully saturated rings. The van der Waals surface area contributed by atoms with Crippen LogP contribution < -0.4 is 0 Å². The van der Waals surface area contributed by atoms with Gasteiger partial charge in [0.05, 0.1) is 0 Å². The van der Waals surface area contributed by atoms with Crippen LogP contribution in [0.5, 0.6) is 0 Å². The molecule has 0 bridgehead atoms. The predicted octanol–water partition coefficient (Wildman–Crippen LogP) is 2.10. The highest BCUT2D eigenvalue weighted by Gasteiger charge is 2.51. The van der Waals surface area contributed by atoms with Gasteiger partial charge in [-0.05, 0) is 24.0 Å². The third-order valence-electron chi connectivity index (χ3n) is 3.12. The van der Waals surface area contributed by atoms with Gasteiger partial charge in [0.2, 0.25) is 0 Å². The Morgan fingerprint density at radius 3 is 2.77 bits per heavy atom. The van der Waals surface area contributed by atoms with Crippen molar-refractivity contribution in [3.05, 3.63) is 35.6 Å². The molecule has 1 saturated carbocycles. The average molecular weight is 180 g/mol. The lowest BCUT2D eigenvalue weighted by molar-refractivity contribution is 0.265. The zero-order valence-electron chi connectivity index (χ0n) is 7.63. The molecule has 0 amide bonds. The molecular weight excluding hydrogens is 167 g/mol. The Bertz CT molecular complexity index is 324. The Morgan fingerprint density at radius 2 is 2.23 bits per heavy atom. The van der Waals surface area contributed by atoms with Gasteiger partial charge in [0.1, 0.15) is 5.82 Å². The van der Waals surface area contributed by atoms with Gasteiger partial charge in [0.25, 0.3) is 0 Å². The number of benzene rings is 1. The van der Waals surface area contributed by atoms with Crippen LogP contribution in [0.4, 0.5) is 4.39 Å². The summed E-state index contributed by atoms with van der Waals surface area (Å²) in [6.07, 6.45) is 0.893. The molecule has 70 valence electrons. The van der Waals surface area contributed by atoms with E-state index in [-0.39, 0.29) is 23.8 Å². The van der Waals surface area contributed by atoms with E-state index in [2.05, 4.69) is 0 Å². The molecule has 2 unspecified atom stereocenters. The Balaban J connectivity index is 2.32. The topological polar surface area (TPSA) is 20.2 Å². The van der Waals surface area contributed by atoms with Crippen molar-refractivity contribution in [1.82, 2.24) is 0 Å². The van der Waals surface area contributed by atoms with Gasteiger partial charge in [0.15, 0.2) is 0 Å². The SMILES string of the molecule is CC1(c2ccccc2F)CC1CO. The van der Waals surface area contributed by atoms with Crippen molar-refractivity contribution in [2.75, 3.05) is 6.61 Å². The monoisotopic (exact) mass is 180 g/mol. The van der Waals surface area contributed by atoms with Crippen molar-refractivity contribution in [1.29, 1.82) is 0 Å². The molecule has 0 saturated heterocycles. The Hall–Kier alpha value is -0.890. The van der Waals surface area contributed by atoms with E-state index < -0.39 is 0 Å². The van der Waals surface area contributed by atoms with Gasteiger partial charge < -0.3 is 5.11 Å². The largest absolute Gasteiger partial charge is 0.396 e. The summed E-state index contributed by atoms with van der Waals surface area (Å²) >= 11 is 0. The van der Waals surface area contributed by atoms with E-state index >= 15 is 0 Å². The van der Waals surface area contributed by atoms with Crippen molar-refractivity contribution in [2.45, 2.75) is 18.8 Å². The molecule has 0 aromatic heterocycles. The Kier molecular flexibility index (Phi) is 1.88. The van der Waals surface area contributed by atoms with E-state index in [1.165, 1.54) is 6.07 Å². The summed E-state index contributed by atoms with van der Waals surface area (Å²) in [7, 11) is 0. The van der Waals surface area contributed by atoms with E-state index in [0.29, 0.717) is 0 Å². The van der Waals surface area contributed by atoms with Crippen LogP contribution in [0.25, 0.3) is 0 Å². The fraction of sp³-hybridized carbons (Fsp3) is 0.455. The molecule has 1 aromatic carbocycles. The maximum Gasteiger partial charge on any atom is 0.126 e. The summed E-state index contributed by atoms with van der Waals surface area (Å²) in [5.74, 6) is 0.0883. The predicted molar refractivity (Wildman–Crippen MR) is 48.9 cm³/mol. The molecule has 1 nitrogen and oxygen atoms in total. The van der Waals surface area contributed by atoms with Crippen LogP contribution in [0.3, 0.4) is 0 Å². The molecule has 0 aliphatic heterocycles. The molecular formula is C11H13FO. The summed E-state index contributed by atoms with van der Waals surface area (Å²) in [6.45, 7) is 2.16. The van der Waals surface area contributed by atoms with Crippen LogP contribution in [0.2, 0.25) is 0 Å². The van der Waals surface area contributed by atoms with Gasteiger partial charge >= 0.3 is 0 Å². The molecule has 0 radical (unpaired) electrons. The van der Waals surface area contributed by atoms with E-state index in [0.717, 1.165) is 12.0 Å². The molecule has 2 atom stereocenters. The standard InChI is InChI=1S/C11H13FO/c1-11(6-8(11)7-13)9-4-2-3-5-10(9)12/h2-5,8,13H,6-7H2,1H3. The molecule has 1 aliphatic carbocycles. The van der Waals surface area contributed by atoms with Gasteiger partial charge in [-0.25, -0.2) is 4.39 Å². The zero-order valence-corrected chi connectivity index (χ0v) is 7.63. The molecule has 2 rings (SSSR count). The van der Waals surface area contributed by atoms with Crippen LogP contribution in [-0.2, 0) is 5.41 Å². The fourth-order valence-electron chi connectivity index (χ4n) is 1.97. The summed E-state index contributed by atoms with van der Waals surface area (Å²) < 4.78 is 13.4. The van der Waals surface area contributed by atoms with Crippen molar-refractivity contribution in [2.24, 2.45) is 5.92 Å². The average Bonchev–Trinajstić information content (AvgIpc) is 2.79. The van der Waals surface area contributed by atoms with Crippen molar-refractivity contribution < 1.29 is 9.50 Å². The van der Waals surface area contributed by atoms with E-state index in [9.17, 15) is 4.39 Å². The van der Waals surface area contributed by atoms with Gasteiger partial charge in [0, 0.05) is 12.0 Å². The van der Waals surface area contributed by atoms with E-state index in [1.807, 2.05) is 19.1 Å². The summed E-state index contributed by atoms with van der Waals surface area (Å²) in [5, 5.41) is 8.97. The molecule has 1 N–H and O–H groups in total. The first kappa shape index (κ1) is 8.70. The smallest absolute Gasteiger partial charge is 0.126 e. The number of hydrogen-bond acceptors (Lipinski definition) is 1. The lowest BCUT2D eigenvalue weighted by Gasteiger charge is -2.11. The first-order valence-corrected chi connectivity index (χ1v) is 4.54. The first-order valence-electron chi connectivity index (χ1n) is 4.54. The minimum atomic E-state index is -0.152. The normalized spacial score (nSPS) is 31.8. The van der Waals surface area contributed by atoms with Crippen molar-refractivity contribution in [3.8, 4) is 0 Å². The maximum atomic E-state index is 13.4. The van der Waals surface area contributed by atoms with Crippen LogP contribution in [0.1, 0.15) is 18.9 Å². The van der Waals surface area contributed by atoms with Gasteiger partial charge in [-0.3, -0.25) is 0 Å². The zero-order chi connectivity index (χ0) is 9.47. The molecule has 13 heavy (non-hydrogen) atoms. The second-order valence-corrected chi connectivity index (χ2v) is 3.98. The molecule has 1 aliphatic rings. The number of halogens is 1. The highest BCUT2D eigenvalue weighted by atomic mass is 19.1. The Labute approximate surface area is 77.2 Å². The highest BCUT2D eigenvalue weighted by molar-refractivity contribution is 5.33. The quantitative estimate of drug-likeness (QED) is 0.739. The third-order valence-corrected chi connectivity index (χ3v) is 3.12.